The van der Waals surface area contributed by atoms with Crippen LogP contribution in [0.5, 0.6) is 0 Å². The molecule has 3 heteroatoms. The lowest BCUT2D eigenvalue weighted by Crippen LogP contribution is -2.24. The minimum atomic E-state index is -0.281. The van der Waals surface area contributed by atoms with Crippen molar-refractivity contribution in [3.8, 4) is 0 Å². The maximum absolute atomic E-state index is 13.6. The van der Waals surface area contributed by atoms with Crippen molar-refractivity contribution >= 4 is 11.4 Å². The van der Waals surface area contributed by atoms with Gasteiger partial charge in [0, 0.05) is 12.2 Å². The zero-order valence-corrected chi connectivity index (χ0v) is 11.1. The first-order valence-electron chi connectivity index (χ1n) is 6.20. The van der Waals surface area contributed by atoms with Crippen molar-refractivity contribution in [1.82, 2.24) is 0 Å². The number of benzene rings is 1. The summed E-state index contributed by atoms with van der Waals surface area (Å²) in [4.78, 5) is 0. The molecule has 0 bridgehead atoms. The second-order valence-corrected chi connectivity index (χ2v) is 5.27. The summed E-state index contributed by atoms with van der Waals surface area (Å²) < 4.78 is 13.6. The van der Waals surface area contributed by atoms with E-state index in [0.717, 1.165) is 6.54 Å². The standard InChI is InChI=1S/C14H23FN2/c1-9(2)12(10(3)4)8-17-14-6-5-11(16)7-13(14)15/h5-7,9-10,12,17H,8,16H2,1-4H3. The Morgan fingerprint density at radius 3 is 2.24 bits per heavy atom. The number of nitrogens with two attached hydrogens (primary N) is 1. The maximum Gasteiger partial charge on any atom is 0.148 e. The van der Waals surface area contributed by atoms with Crippen LogP contribution in [-0.2, 0) is 0 Å². The summed E-state index contributed by atoms with van der Waals surface area (Å²) in [5.74, 6) is 1.42. The van der Waals surface area contributed by atoms with Crippen molar-refractivity contribution in [2.45, 2.75) is 27.7 Å². The summed E-state index contributed by atoms with van der Waals surface area (Å²) in [6.45, 7) is 9.59. The molecule has 0 aliphatic carbocycles. The molecule has 1 aromatic rings. The average Bonchev–Trinajstić information content (AvgIpc) is 2.20. The Hall–Kier alpha value is -1.25. The molecule has 17 heavy (non-hydrogen) atoms. The molecule has 0 heterocycles. The van der Waals surface area contributed by atoms with Gasteiger partial charge in [-0.25, -0.2) is 4.39 Å². The summed E-state index contributed by atoms with van der Waals surface area (Å²) in [7, 11) is 0. The van der Waals surface area contributed by atoms with Crippen molar-refractivity contribution in [2.75, 3.05) is 17.6 Å². The Balaban J connectivity index is 2.65. The molecule has 1 aromatic carbocycles. The van der Waals surface area contributed by atoms with Crippen LogP contribution in [0.4, 0.5) is 15.8 Å². The Morgan fingerprint density at radius 2 is 1.76 bits per heavy atom. The number of hydrogen-bond acceptors (Lipinski definition) is 2. The molecule has 0 aromatic heterocycles. The van der Waals surface area contributed by atoms with Gasteiger partial charge in [-0.3, -0.25) is 0 Å². The first-order valence-corrected chi connectivity index (χ1v) is 6.20. The summed E-state index contributed by atoms with van der Waals surface area (Å²) in [5, 5.41) is 3.17. The third-order valence-corrected chi connectivity index (χ3v) is 3.23. The van der Waals surface area contributed by atoms with Gasteiger partial charge in [-0.05, 0) is 36.0 Å². The normalized spacial score (nSPS) is 11.5. The highest BCUT2D eigenvalue weighted by atomic mass is 19.1. The van der Waals surface area contributed by atoms with Gasteiger partial charge < -0.3 is 11.1 Å². The Morgan fingerprint density at radius 1 is 1.18 bits per heavy atom. The quantitative estimate of drug-likeness (QED) is 0.767. The topological polar surface area (TPSA) is 38.0 Å². The van der Waals surface area contributed by atoms with Crippen molar-refractivity contribution in [3.05, 3.63) is 24.0 Å². The van der Waals surface area contributed by atoms with Crippen LogP contribution in [0.15, 0.2) is 18.2 Å². The Kier molecular flexibility index (Phi) is 4.79. The highest BCUT2D eigenvalue weighted by molar-refractivity contribution is 5.52. The van der Waals surface area contributed by atoms with Crippen LogP contribution in [0.3, 0.4) is 0 Å². The summed E-state index contributed by atoms with van der Waals surface area (Å²) in [6.07, 6.45) is 0. The van der Waals surface area contributed by atoms with Gasteiger partial charge in [0.25, 0.3) is 0 Å². The Bertz CT molecular complexity index is 353. The van der Waals surface area contributed by atoms with Gasteiger partial charge in [-0.1, -0.05) is 27.7 Å². The minimum Gasteiger partial charge on any atom is -0.399 e. The molecular weight excluding hydrogens is 215 g/mol. The fraction of sp³-hybridized carbons (Fsp3) is 0.571. The minimum absolute atomic E-state index is 0.281. The first kappa shape index (κ1) is 13.8. The molecule has 96 valence electrons. The lowest BCUT2D eigenvalue weighted by atomic mass is 9.85. The van der Waals surface area contributed by atoms with Gasteiger partial charge in [-0.15, -0.1) is 0 Å². The fourth-order valence-electron chi connectivity index (χ4n) is 2.14. The van der Waals surface area contributed by atoms with E-state index in [1.165, 1.54) is 6.07 Å². The first-order chi connectivity index (χ1) is 7.91. The summed E-state index contributed by atoms with van der Waals surface area (Å²) in [5.41, 5.74) is 6.50. The van der Waals surface area contributed by atoms with Gasteiger partial charge >= 0.3 is 0 Å². The summed E-state index contributed by atoms with van der Waals surface area (Å²) >= 11 is 0. The highest BCUT2D eigenvalue weighted by Crippen LogP contribution is 2.23. The molecule has 0 radical (unpaired) electrons. The lowest BCUT2D eigenvalue weighted by Gasteiger charge is -2.25. The van der Waals surface area contributed by atoms with Gasteiger partial charge in [-0.2, -0.15) is 0 Å². The van der Waals surface area contributed by atoms with Crippen LogP contribution in [0.2, 0.25) is 0 Å². The van der Waals surface area contributed by atoms with E-state index in [-0.39, 0.29) is 5.82 Å². The van der Waals surface area contributed by atoms with Gasteiger partial charge in [0.05, 0.1) is 5.69 Å². The van der Waals surface area contributed by atoms with E-state index in [9.17, 15) is 4.39 Å². The molecular formula is C14H23FN2. The van der Waals surface area contributed by atoms with Gasteiger partial charge in [0.1, 0.15) is 5.82 Å². The molecule has 3 N–H and O–H groups in total. The van der Waals surface area contributed by atoms with E-state index in [4.69, 9.17) is 5.73 Å². The van der Waals surface area contributed by atoms with E-state index in [1.807, 2.05) is 0 Å². The molecule has 0 amide bonds. The van der Waals surface area contributed by atoms with Gasteiger partial charge in [0.15, 0.2) is 0 Å². The van der Waals surface area contributed by atoms with E-state index in [2.05, 4.69) is 33.0 Å². The number of anilines is 2. The van der Waals surface area contributed by atoms with Gasteiger partial charge in [0.2, 0.25) is 0 Å². The fourth-order valence-corrected chi connectivity index (χ4v) is 2.14. The number of rotatable bonds is 5. The highest BCUT2D eigenvalue weighted by Gasteiger charge is 2.17. The second-order valence-electron chi connectivity index (χ2n) is 5.27. The van der Waals surface area contributed by atoms with Crippen LogP contribution >= 0.6 is 0 Å². The molecule has 2 nitrogen and oxygen atoms in total. The largest absolute Gasteiger partial charge is 0.399 e. The van der Waals surface area contributed by atoms with Crippen LogP contribution in [-0.4, -0.2) is 6.54 Å². The van der Waals surface area contributed by atoms with Crippen molar-refractivity contribution in [3.63, 3.8) is 0 Å². The number of halogens is 1. The van der Waals surface area contributed by atoms with Crippen LogP contribution in [0.25, 0.3) is 0 Å². The van der Waals surface area contributed by atoms with Crippen LogP contribution < -0.4 is 11.1 Å². The molecule has 0 fully saturated rings. The SMILES string of the molecule is CC(C)C(CNc1ccc(N)cc1F)C(C)C. The number of nitrogen functional groups attached to an aromatic ring is 1. The third kappa shape index (κ3) is 3.91. The monoisotopic (exact) mass is 238 g/mol. The van der Waals surface area contributed by atoms with E-state index in [1.54, 1.807) is 12.1 Å². The van der Waals surface area contributed by atoms with E-state index >= 15 is 0 Å². The predicted molar refractivity (Wildman–Crippen MR) is 72.5 cm³/mol. The maximum atomic E-state index is 13.6. The molecule has 1 rings (SSSR count). The van der Waals surface area contributed by atoms with Crippen molar-refractivity contribution < 1.29 is 4.39 Å². The molecule has 0 spiro atoms. The zero-order chi connectivity index (χ0) is 13.0. The smallest absolute Gasteiger partial charge is 0.148 e. The predicted octanol–water partition coefficient (Wildman–Crippen LogP) is 3.75. The lowest BCUT2D eigenvalue weighted by molar-refractivity contribution is 0.304. The number of nitrogens with one attached hydrogen (secondary N) is 1. The molecule has 0 saturated heterocycles. The zero-order valence-electron chi connectivity index (χ0n) is 11.1. The molecule has 0 atom stereocenters. The van der Waals surface area contributed by atoms with Crippen molar-refractivity contribution in [1.29, 1.82) is 0 Å². The van der Waals surface area contributed by atoms with Crippen molar-refractivity contribution in [2.24, 2.45) is 17.8 Å². The Labute approximate surface area is 103 Å². The van der Waals surface area contributed by atoms with Crippen LogP contribution in [0, 0.1) is 23.6 Å². The average molecular weight is 238 g/mol. The summed E-state index contributed by atoms with van der Waals surface area (Å²) in [6, 6.07) is 4.76. The van der Waals surface area contributed by atoms with E-state index < -0.39 is 0 Å². The molecule has 0 aliphatic rings. The number of hydrogen-bond donors (Lipinski definition) is 2. The second kappa shape index (κ2) is 5.89. The molecule has 0 saturated carbocycles. The van der Waals surface area contributed by atoms with Crippen LogP contribution in [0.1, 0.15) is 27.7 Å². The molecule has 0 unspecified atom stereocenters. The van der Waals surface area contributed by atoms with E-state index in [0.29, 0.717) is 29.1 Å². The third-order valence-electron chi connectivity index (χ3n) is 3.23. The molecule has 0 aliphatic heterocycles.